The minimum atomic E-state index is -0.934. The van der Waals surface area contributed by atoms with Crippen LogP contribution >= 0.6 is 15.9 Å². The topological polar surface area (TPSA) is 73.9 Å². The fourth-order valence-electron chi connectivity index (χ4n) is 1.45. The summed E-state index contributed by atoms with van der Waals surface area (Å²) in [5.41, 5.74) is 6.34. The van der Waals surface area contributed by atoms with E-state index in [9.17, 15) is 4.79 Å². The average molecular weight is 336 g/mol. The summed E-state index contributed by atoms with van der Waals surface area (Å²) in [5, 5.41) is 3.53. The number of oxime groups is 1. The first-order valence-electron chi connectivity index (χ1n) is 5.83. The van der Waals surface area contributed by atoms with Gasteiger partial charge in [0, 0.05) is 10.0 Å². The molecule has 2 N–H and O–H groups in total. The van der Waals surface area contributed by atoms with E-state index in [1.807, 2.05) is 24.6 Å². The van der Waals surface area contributed by atoms with E-state index in [0.29, 0.717) is 11.3 Å². The number of carbonyl (C=O) groups is 1. The van der Waals surface area contributed by atoms with E-state index in [4.69, 9.17) is 10.5 Å². The van der Waals surface area contributed by atoms with Crippen molar-refractivity contribution in [1.82, 2.24) is 0 Å². The molecule has 0 amide bonds. The van der Waals surface area contributed by atoms with Crippen LogP contribution in [0.15, 0.2) is 57.9 Å². The lowest BCUT2D eigenvalue weighted by Gasteiger charge is -2.14. The fraction of sp³-hybridized carbons (Fsp3) is 0.0714. The summed E-state index contributed by atoms with van der Waals surface area (Å²) in [6, 6.07) is 7.12. The molecule has 0 atom stereocenters. The van der Waals surface area contributed by atoms with Gasteiger partial charge in [0.25, 0.3) is 0 Å². The Hall–Kier alpha value is -2.21. The van der Waals surface area contributed by atoms with Gasteiger partial charge >= 0.3 is 6.16 Å². The number of hydrogen-bond acceptors (Lipinski definition) is 4. The smallest absolute Gasteiger partial charge is 0.487 e. The van der Waals surface area contributed by atoms with Crippen LogP contribution in [0.3, 0.4) is 0 Å². The summed E-state index contributed by atoms with van der Waals surface area (Å²) >= 11 is 3.31. The van der Waals surface area contributed by atoms with Crippen molar-refractivity contribution in [2.24, 2.45) is 10.9 Å². The zero-order valence-electron chi connectivity index (χ0n) is 10.5. The number of halogens is 1. The minimum Gasteiger partial charge on any atom is -0.487 e. The van der Waals surface area contributed by atoms with Crippen LogP contribution in [0.5, 0.6) is 0 Å². The molecule has 1 aliphatic rings. The van der Waals surface area contributed by atoms with Crippen molar-refractivity contribution in [2.45, 2.75) is 6.42 Å². The molecule has 0 fully saturated rings. The van der Waals surface area contributed by atoms with Crippen LogP contribution in [0.4, 0.5) is 4.79 Å². The van der Waals surface area contributed by atoms with Gasteiger partial charge in [-0.15, -0.1) is 12.2 Å². The average Bonchev–Trinajstić information content (AvgIpc) is 2.46. The fourth-order valence-corrected chi connectivity index (χ4v) is 1.71. The number of nitrogens with zero attached hydrogens (tertiary/aromatic N) is 1. The normalized spacial score (nSPS) is 14.2. The Bertz CT molecular complexity index is 577. The highest BCUT2D eigenvalue weighted by atomic mass is 79.9. The van der Waals surface area contributed by atoms with E-state index in [2.05, 4.69) is 25.9 Å². The maximum atomic E-state index is 11.4. The van der Waals surface area contributed by atoms with Crippen molar-refractivity contribution in [3.05, 3.63) is 64.7 Å². The lowest BCUT2D eigenvalue weighted by atomic mass is 10.2. The van der Waals surface area contributed by atoms with Crippen molar-refractivity contribution >= 4 is 27.9 Å². The standard InChI is InChI=1S/C14H12BrN2O3/c15-11-8-6-10(7-9-11)13(16)17-20-14(18)19-12-4-2-1-3-5-12/h2-9H,1H2,(H2,16,17)/q-1. The Morgan fingerprint density at radius 1 is 1.35 bits per heavy atom. The van der Waals surface area contributed by atoms with Gasteiger partial charge in [0.1, 0.15) is 0 Å². The summed E-state index contributed by atoms with van der Waals surface area (Å²) in [7, 11) is 0. The van der Waals surface area contributed by atoms with Crippen molar-refractivity contribution in [3.8, 4) is 0 Å². The van der Waals surface area contributed by atoms with Crippen LogP contribution in [0.2, 0.25) is 0 Å². The molecule has 0 radical (unpaired) electrons. The van der Waals surface area contributed by atoms with E-state index in [1.54, 1.807) is 24.3 Å². The monoisotopic (exact) mass is 335 g/mol. The molecule has 2 rings (SSSR count). The van der Waals surface area contributed by atoms with Gasteiger partial charge in [-0.1, -0.05) is 39.6 Å². The Balaban J connectivity index is 1.91. The van der Waals surface area contributed by atoms with E-state index in [1.165, 1.54) is 0 Å². The van der Waals surface area contributed by atoms with Gasteiger partial charge in [0.15, 0.2) is 5.84 Å². The van der Waals surface area contributed by atoms with Crippen LogP contribution < -0.4 is 5.73 Å². The molecular formula is C14H12BrN2O3-. The highest BCUT2D eigenvalue weighted by Crippen LogP contribution is 2.12. The highest BCUT2D eigenvalue weighted by Gasteiger charge is 2.04. The summed E-state index contributed by atoms with van der Waals surface area (Å²) in [5.74, 6) is 0.493. The molecular weight excluding hydrogens is 324 g/mol. The zero-order valence-corrected chi connectivity index (χ0v) is 12.0. The maximum absolute atomic E-state index is 11.4. The quantitative estimate of drug-likeness (QED) is 0.230. The van der Waals surface area contributed by atoms with E-state index >= 15 is 0 Å². The first-order valence-corrected chi connectivity index (χ1v) is 6.63. The molecule has 20 heavy (non-hydrogen) atoms. The van der Waals surface area contributed by atoms with Gasteiger partial charge in [-0.25, -0.2) is 11.2 Å². The molecule has 104 valence electrons. The van der Waals surface area contributed by atoms with Crippen molar-refractivity contribution in [3.63, 3.8) is 0 Å². The number of amidine groups is 1. The first-order chi connectivity index (χ1) is 9.65. The molecule has 0 aromatic heterocycles. The molecule has 1 aliphatic carbocycles. The predicted molar refractivity (Wildman–Crippen MR) is 78.6 cm³/mol. The van der Waals surface area contributed by atoms with Gasteiger partial charge < -0.3 is 10.5 Å². The van der Waals surface area contributed by atoms with Gasteiger partial charge in [-0.05, 0) is 17.9 Å². The number of ether oxygens (including phenoxy) is 1. The Morgan fingerprint density at radius 3 is 2.75 bits per heavy atom. The van der Waals surface area contributed by atoms with Gasteiger partial charge in [0.05, 0.1) is 0 Å². The Kier molecular flexibility index (Phi) is 4.84. The molecule has 0 heterocycles. The summed E-state index contributed by atoms with van der Waals surface area (Å²) in [4.78, 5) is 16.0. The lowest BCUT2D eigenvalue weighted by molar-refractivity contribution is 0.0821. The molecule has 1 aromatic carbocycles. The number of allylic oxidation sites excluding steroid dienone is 3. The first kappa shape index (κ1) is 14.2. The second-order valence-electron chi connectivity index (χ2n) is 3.87. The molecule has 0 bridgehead atoms. The highest BCUT2D eigenvalue weighted by molar-refractivity contribution is 9.10. The molecule has 5 nitrogen and oxygen atoms in total. The molecule has 0 spiro atoms. The van der Waals surface area contributed by atoms with Gasteiger partial charge in [-0.2, -0.15) is 6.08 Å². The summed E-state index contributed by atoms with van der Waals surface area (Å²) in [6.45, 7) is 0. The minimum absolute atomic E-state index is 0.0918. The van der Waals surface area contributed by atoms with Crippen LogP contribution in [-0.2, 0) is 9.57 Å². The van der Waals surface area contributed by atoms with Crippen LogP contribution in [-0.4, -0.2) is 12.0 Å². The van der Waals surface area contributed by atoms with E-state index in [-0.39, 0.29) is 5.84 Å². The molecule has 6 heteroatoms. The van der Waals surface area contributed by atoms with E-state index < -0.39 is 6.16 Å². The van der Waals surface area contributed by atoms with Crippen molar-refractivity contribution in [2.75, 3.05) is 0 Å². The molecule has 0 unspecified atom stereocenters. The Labute approximate surface area is 124 Å². The third-order valence-electron chi connectivity index (χ3n) is 2.40. The molecule has 0 saturated carbocycles. The Morgan fingerprint density at radius 2 is 2.10 bits per heavy atom. The van der Waals surface area contributed by atoms with Crippen molar-refractivity contribution < 1.29 is 14.4 Å². The number of carbonyl (C=O) groups excluding carboxylic acids is 1. The molecule has 1 aromatic rings. The third-order valence-corrected chi connectivity index (χ3v) is 2.92. The van der Waals surface area contributed by atoms with Crippen LogP contribution in [0.1, 0.15) is 12.0 Å². The molecule has 0 aliphatic heterocycles. The largest absolute Gasteiger partial charge is 0.522 e. The number of nitrogens with two attached hydrogens (primary N) is 1. The second-order valence-corrected chi connectivity index (χ2v) is 4.79. The van der Waals surface area contributed by atoms with Gasteiger partial charge in [0.2, 0.25) is 0 Å². The van der Waals surface area contributed by atoms with Crippen LogP contribution in [0.25, 0.3) is 0 Å². The lowest BCUT2D eigenvalue weighted by Crippen LogP contribution is -2.15. The second kappa shape index (κ2) is 6.81. The summed E-state index contributed by atoms with van der Waals surface area (Å²) in [6.07, 6.45) is 6.98. The number of hydrogen-bond donors (Lipinski definition) is 1. The number of rotatable bonds is 3. The third kappa shape index (κ3) is 4.17. The number of benzene rings is 1. The van der Waals surface area contributed by atoms with E-state index in [0.717, 1.165) is 10.9 Å². The molecule has 0 saturated heterocycles. The maximum Gasteiger partial charge on any atom is 0.522 e. The van der Waals surface area contributed by atoms with Crippen molar-refractivity contribution in [1.29, 1.82) is 0 Å². The summed E-state index contributed by atoms with van der Waals surface area (Å²) < 4.78 is 5.83. The SMILES string of the molecule is N/C(=N\OC(=O)OC1=C[CH-]CC=C1)c1ccc(Br)cc1. The van der Waals surface area contributed by atoms with Crippen LogP contribution in [0, 0.1) is 6.42 Å². The zero-order chi connectivity index (χ0) is 14.4. The van der Waals surface area contributed by atoms with Gasteiger partial charge in [-0.3, -0.25) is 4.84 Å². The predicted octanol–water partition coefficient (Wildman–Crippen LogP) is 3.27.